The fourth-order valence-corrected chi connectivity index (χ4v) is 2.73. The molecule has 0 saturated heterocycles. The summed E-state index contributed by atoms with van der Waals surface area (Å²) in [7, 11) is 0. The van der Waals surface area contributed by atoms with Gasteiger partial charge in [0.1, 0.15) is 11.8 Å². The molecule has 1 aliphatic carbocycles. The molecule has 0 radical (unpaired) electrons. The van der Waals surface area contributed by atoms with Crippen molar-refractivity contribution < 1.29 is 9.78 Å². The van der Waals surface area contributed by atoms with Crippen LogP contribution in [0.2, 0.25) is 0 Å². The number of pyridine rings is 1. The van der Waals surface area contributed by atoms with Crippen LogP contribution in [0.5, 0.6) is 0 Å². The van der Waals surface area contributed by atoms with E-state index in [0.29, 0.717) is 11.6 Å². The Kier molecular flexibility index (Phi) is 3.06. The quantitative estimate of drug-likeness (QED) is 0.773. The van der Waals surface area contributed by atoms with Crippen LogP contribution < -0.4 is 16.0 Å². The number of nitrogens with one attached hydrogen (secondary N) is 3. The van der Waals surface area contributed by atoms with Gasteiger partial charge in [-0.25, -0.2) is 4.98 Å². The van der Waals surface area contributed by atoms with E-state index < -0.39 is 5.91 Å². The van der Waals surface area contributed by atoms with Crippen molar-refractivity contribution in [2.24, 2.45) is 5.73 Å². The van der Waals surface area contributed by atoms with Gasteiger partial charge in [-0.05, 0) is 12.8 Å². The van der Waals surface area contributed by atoms with Crippen molar-refractivity contribution in [2.45, 2.75) is 38.1 Å². The van der Waals surface area contributed by atoms with Crippen LogP contribution in [0.1, 0.15) is 42.5 Å². The number of nitrogens with zero attached hydrogens (tertiary/aromatic N) is 1. The first-order chi connectivity index (χ1) is 9.25. The van der Waals surface area contributed by atoms with Gasteiger partial charge in [0, 0.05) is 6.04 Å². The van der Waals surface area contributed by atoms with Crippen LogP contribution in [0.15, 0.2) is 12.5 Å². The van der Waals surface area contributed by atoms with E-state index >= 15 is 0 Å². The Balaban J connectivity index is 2.00. The highest BCUT2D eigenvalue weighted by atomic mass is 16.1. The Bertz CT molecular complexity index is 600. The third-order valence-electron chi connectivity index (χ3n) is 3.72. The maximum atomic E-state index is 11.5. The van der Waals surface area contributed by atoms with E-state index in [1.807, 2.05) is 0 Å². The molecule has 0 unspecified atom stereocenters. The summed E-state index contributed by atoms with van der Waals surface area (Å²) < 4.78 is 0. The zero-order chi connectivity index (χ0) is 13.2. The number of carbonyl (C=O) groups excluding carboxylic acids is 1. The van der Waals surface area contributed by atoms with Gasteiger partial charge in [0.2, 0.25) is 0 Å². The average molecular weight is 260 g/mol. The summed E-state index contributed by atoms with van der Waals surface area (Å²) in [6.07, 6.45) is 9.25. The Morgan fingerprint density at radius 3 is 2.95 bits per heavy atom. The van der Waals surface area contributed by atoms with Gasteiger partial charge >= 0.3 is 5.65 Å². The number of aromatic amines is 2. The number of anilines is 1. The normalized spacial score (nSPS) is 16.6. The molecule has 2 heterocycles. The van der Waals surface area contributed by atoms with Gasteiger partial charge in [-0.1, -0.05) is 19.3 Å². The van der Waals surface area contributed by atoms with Gasteiger partial charge in [-0.2, -0.15) is 0 Å². The molecule has 2 aromatic heterocycles. The predicted molar refractivity (Wildman–Crippen MR) is 71.7 cm³/mol. The van der Waals surface area contributed by atoms with E-state index in [9.17, 15) is 4.79 Å². The number of carbonyl (C=O) groups is 1. The maximum absolute atomic E-state index is 11.5. The minimum Gasteiger partial charge on any atom is -0.379 e. The lowest BCUT2D eigenvalue weighted by Gasteiger charge is -2.24. The molecule has 1 amide bonds. The van der Waals surface area contributed by atoms with Crippen LogP contribution in [0.4, 0.5) is 5.69 Å². The number of imidazole rings is 1. The Hall–Kier alpha value is -2.11. The zero-order valence-electron chi connectivity index (χ0n) is 10.7. The molecule has 19 heavy (non-hydrogen) atoms. The predicted octanol–water partition coefficient (Wildman–Crippen LogP) is 1.22. The highest BCUT2D eigenvalue weighted by Crippen LogP contribution is 2.27. The number of H-pyrrole nitrogens is 2. The lowest BCUT2D eigenvalue weighted by Crippen LogP contribution is -2.25. The molecule has 1 saturated carbocycles. The number of primary amides is 1. The van der Waals surface area contributed by atoms with E-state index in [0.717, 1.165) is 29.7 Å². The topological polar surface area (TPSA) is 97.9 Å². The summed E-state index contributed by atoms with van der Waals surface area (Å²) in [6, 6.07) is 0.403. The number of nitrogens with two attached hydrogens (primary N) is 1. The Labute approximate surface area is 110 Å². The third-order valence-corrected chi connectivity index (χ3v) is 3.72. The number of rotatable bonds is 3. The average Bonchev–Trinajstić information content (AvgIpc) is 2.88. The molecule has 6 heteroatoms. The van der Waals surface area contributed by atoms with E-state index in [1.54, 1.807) is 6.33 Å². The minimum atomic E-state index is -0.456. The molecule has 0 aliphatic heterocycles. The molecular weight excluding hydrogens is 242 g/mol. The van der Waals surface area contributed by atoms with Gasteiger partial charge in [0.15, 0.2) is 11.8 Å². The van der Waals surface area contributed by atoms with E-state index in [2.05, 4.69) is 20.3 Å². The van der Waals surface area contributed by atoms with Crippen LogP contribution in [0.3, 0.4) is 0 Å². The second-order valence-electron chi connectivity index (χ2n) is 5.05. The lowest BCUT2D eigenvalue weighted by atomic mass is 9.95. The minimum absolute atomic E-state index is 0.403. The van der Waals surface area contributed by atoms with Crippen molar-refractivity contribution in [1.82, 2.24) is 9.97 Å². The Morgan fingerprint density at radius 1 is 1.42 bits per heavy atom. The van der Waals surface area contributed by atoms with E-state index in [4.69, 9.17) is 5.73 Å². The maximum Gasteiger partial charge on any atom is 0.301 e. The van der Waals surface area contributed by atoms with Crippen molar-refractivity contribution in [2.75, 3.05) is 5.32 Å². The highest BCUT2D eigenvalue weighted by Gasteiger charge is 2.22. The summed E-state index contributed by atoms with van der Waals surface area (Å²) >= 11 is 0. The summed E-state index contributed by atoms with van der Waals surface area (Å²) in [4.78, 5) is 21.8. The molecule has 3 rings (SSSR count). The molecular formula is C13H18N5O+. The number of hydrogen-bond donors (Lipinski definition) is 3. The number of hydrogen-bond acceptors (Lipinski definition) is 3. The third kappa shape index (κ3) is 2.25. The van der Waals surface area contributed by atoms with E-state index in [-0.39, 0.29) is 0 Å². The van der Waals surface area contributed by atoms with Crippen molar-refractivity contribution in [3.05, 3.63) is 18.1 Å². The van der Waals surface area contributed by atoms with E-state index in [1.165, 1.54) is 25.5 Å². The van der Waals surface area contributed by atoms with Crippen molar-refractivity contribution >= 4 is 22.8 Å². The molecule has 0 spiro atoms. The molecule has 2 aromatic rings. The van der Waals surface area contributed by atoms with Crippen LogP contribution >= 0.6 is 0 Å². The number of aromatic nitrogens is 3. The largest absolute Gasteiger partial charge is 0.379 e. The highest BCUT2D eigenvalue weighted by molar-refractivity contribution is 6.04. The van der Waals surface area contributed by atoms with Crippen LogP contribution in [0, 0.1) is 0 Å². The standard InChI is InChI=1S/C13H17N5O/c14-12(19)9-6-15-13-11(16-7-17-13)10(9)18-8-4-2-1-3-5-8/h6-8H,1-5H2,(H2,14,19)(H2,15,16,17,18)/p+1. The molecule has 5 N–H and O–H groups in total. The van der Waals surface area contributed by atoms with Gasteiger partial charge in [-0.3, -0.25) is 9.78 Å². The summed E-state index contributed by atoms with van der Waals surface area (Å²) in [5.41, 5.74) is 8.18. The van der Waals surface area contributed by atoms with Crippen LogP contribution in [-0.2, 0) is 0 Å². The monoisotopic (exact) mass is 260 g/mol. The SMILES string of the molecule is NC(=O)c1cnc2[nH+]c[nH]c2c1NC1CCCCC1. The number of fused-ring (bicyclic) bond motifs is 1. The molecule has 0 bridgehead atoms. The molecule has 1 aliphatic rings. The van der Waals surface area contributed by atoms with Gasteiger partial charge in [-0.15, -0.1) is 4.98 Å². The molecule has 0 atom stereocenters. The van der Waals surface area contributed by atoms with Gasteiger partial charge < -0.3 is 11.1 Å². The molecule has 6 nitrogen and oxygen atoms in total. The first-order valence-electron chi connectivity index (χ1n) is 6.70. The van der Waals surface area contributed by atoms with Crippen LogP contribution in [-0.4, -0.2) is 21.9 Å². The van der Waals surface area contributed by atoms with Crippen LogP contribution in [0.25, 0.3) is 11.2 Å². The summed E-state index contributed by atoms with van der Waals surface area (Å²) in [5.74, 6) is -0.456. The smallest absolute Gasteiger partial charge is 0.301 e. The summed E-state index contributed by atoms with van der Waals surface area (Å²) in [6.45, 7) is 0. The fraction of sp³-hybridized carbons (Fsp3) is 0.462. The lowest BCUT2D eigenvalue weighted by molar-refractivity contribution is -0.347. The zero-order valence-corrected chi connectivity index (χ0v) is 10.7. The molecule has 0 aromatic carbocycles. The second-order valence-corrected chi connectivity index (χ2v) is 5.05. The molecule has 100 valence electrons. The summed E-state index contributed by atoms with van der Waals surface area (Å²) in [5, 5.41) is 3.47. The Morgan fingerprint density at radius 2 is 2.21 bits per heavy atom. The van der Waals surface area contributed by atoms with Gasteiger partial charge in [0.05, 0.1) is 5.69 Å². The van der Waals surface area contributed by atoms with Gasteiger partial charge in [0.25, 0.3) is 5.91 Å². The van der Waals surface area contributed by atoms with Crippen molar-refractivity contribution in [3.8, 4) is 0 Å². The number of amides is 1. The first-order valence-corrected chi connectivity index (χ1v) is 6.70. The second kappa shape index (κ2) is 4.87. The first kappa shape index (κ1) is 12.0. The fourth-order valence-electron chi connectivity index (χ4n) is 2.73. The molecule has 1 fully saturated rings. The van der Waals surface area contributed by atoms with Crippen molar-refractivity contribution in [3.63, 3.8) is 0 Å². The van der Waals surface area contributed by atoms with Crippen molar-refractivity contribution in [1.29, 1.82) is 0 Å².